The second-order valence-corrected chi connectivity index (χ2v) is 6.68. The highest BCUT2D eigenvalue weighted by Gasteiger charge is 2.22. The van der Waals surface area contributed by atoms with Gasteiger partial charge in [0.25, 0.3) is 0 Å². The Morgan fingerprint density at radius 1 is 1.32 bits per heavy atom. The fourth-order valence-electron chi connectivity index (χ4n) is 3.40. The lowest BCUT2D eigenvalue weighted by Crippen LogP contribution is -2.36. The number of nitrogens with zero attached hydrogens (tertiary/aromatic N) is 3. The number of carbonyl (C=O) groups is 1. The first-order valence-electron chi connectivity index (χ1n) is 8.76. The molecule has 0 spiro atoms. The molecule has 25 heavy (non-hydrogen) atoms. The van der Waals surface area contributed by atoms with Crippen LogP contribution in [-0.4, -0.2) is 58.6 Å². The van der Waals surface area contributed by atoms with Gasteiger partial charge in [0.1, 0.15) is 6.26 Å². The van der Waals surface area contributed by atoms with E-state index in [9.17, 15) is 4.79 Å². The van der Waals surface area contributed by atoms with Crippen molar-refractivity contribution in [3.05, 3.63) is 42.3 Å². The van der Waals surface area contributed by atoms with E-state index in [1.165, 1.54) is 0 Å². The SMILES string of the molecule is CN(CC(=O)O)C1CCCN(Cc2coc(-c3ccccc3)n2)CC1. The van der Waals surface area contributed by atoms with Gasteiger partial charge in [-0.2, -0.15) is 0 Å². The third-order valence-corrected chi connectivity index (χ3v) is 4.76. The van der Waals surface area contributed by atoms with E-state index < -0.39 is 5.97 Å². The van der Waals surface area contributed by atoms with Crippen LogP contribution in [-0.2, 0) is 11.3 Å². The molecular formula is C19H25N3O3. The van der Waals surface area contributed by atoms with Crippen molar-refractivity contribution < 1.29 is 14.3 Å². The third kappa shape index (κ3) is 4.90. The minimum Gasteiger partial charge on any atom is -0.480 e. The highest BCUT2D eigenvalue weighted by Crippen LogP contribution is 2.21. The summed E-state index contributed by atoms with van der Waals surface area (Å²) in [6.45, 7) is 2.83. The lowest BCUT2D eigenvalue weighted by atomic mass is 10.1. The zero-order valence-electron chi connectivity index (χ0n) is 14.6. The summed E-state index contributed by atoms with van der Waals surface area (Å²) in [6.07, 6.45) is 4.82. The summed E-state index contributed by atoms with van der Waals surface area (Å²) in [5, 5.41) is 8.96. The Morgan fingerprint density at radius 3 is 2.88 bits per heavy atom. The number of likely N-dealkylation sites (N-methyl/N-ethyl adjacent to an activating group) is 1. The molecule has 3 rings (SSSR count). The van der Waals surface area contributed by atoms with Gasteiger partial charge in [0, 0.05) is 24.7 Å². The fraction of sp³-hybridized carbons (Fsp3) is 0.474. The average molecular weight is 343 g/mol. The molecule has 1 N–H and O–H groups in total. The predicted octanol–water partition coefficient (Wildman–Crippen LogP) is 2.71. The van der Waals surface area contributed by atoms with Crippen molar-refractivity contribution in [1.82, 2.24) is 14.8 Å². The van der Waals surface area contributed by atoms with Gasteiger partial charge in [0.05, 0.1) is 12.2 Å². The molecule has 6 heteroatoms. The Labute approximate surface area is 148 Å². The van der Waals surface area contributed by atoms with E-state index in [1.54, 1.807) is 6.26 Å². The molecule has 1 aromatic carbocycles. The standard InChI is InChI=1S/C19H25N3O3/c1-21(13-18(23)24)17-8-5-10-22(11-9-17)12-16-14-25-19(20-16)15-6-3-2-4-7-15/h2-4,6-7,14,17H,5,8-13H2,1H3,(H,23,24). The van der Waals surface area contributed by atoms with Gasteiger partial charge in [-0.15, -0.1) is 0 Å². The van der Waals surface area contributed by atoms with Crippen LogP contribution in [0.2, 0.25) is 0 Å². The van der Waals surface area contributed by atoms with Crippen LogP contribution in [0.5, 0.6) is 0 Å². The third-order valence-electron chi connectivity index (χ3n) is 4.76. The average Bonchev–Trinajstić information content (AvgIpc) is 2.93. The summed E-state index contributed by atoms with van der Waals surface area (Å²) in [4.78, 5) is 19.8. The lowest BCUT2D eigenvalue weighted by molar-refractivity contribution is -0.138. The van der Waals surface area contributed by atoms with Crippen LogP contribution < -0.4 is 0 Å². The number of aliphatic carboxylic acids is 1. The van der Waals surface area contributed by atoms with E-state index in [0.717, 1.165) is 50.2 Å². The Balaban J connectivity index is 1.55. The zero-order chi connectivity index (χ0) is 17.6. The molecule has 0 saturated carbocycles. The zero-order valence-corrected chi connectivity index (χ0v) is 14.6. The van der Waals surface area contributed by atoms with Crippen LogP contribution >= 0.6 is 0 Å². The van der Waals surface area contributed by atoms with Crippen molar-refractivity contribution in [3.8, 4) is 11.5 Å². The second kappa shape index (κ2) is 8.27. The number of benzene rings is 1. The Hall–Kier alpha value is -2.18. The first-order chi connectivity index (χ1) is 12.1. The van der Waals surface area contributed by atoms with Crippen molar-refractivity contribution in [3.63, 3.8) is 0 Å². The summed E-state index contributed by atoms with van der Waals surface area (Å²) >= 11 is 0. The molecule has 2 aromatic rings. The maximum Gasteiger partial charge on any atom is 0.317 e. The van der Waals surface area contributed by atoms with Crippen molar-refractivity contribution >= 4 is 5.97 Å². The molecule has 0 amide bonds. The van der Waals surface area contributed by atoms with Crippen LogP contribution in [0.3, 0.4) is 0 Å². The normalized spacial score (nSPS) is 19.0. The Bertz CT molecular complexity index is 686. The molecule has 1 aliphatic heterocycles. The Morgan fingerprint density at radius 2 is 2.12 bits per heavy atom. The topological polar surface area (TPSA) is 69.8 Å². The van der Waals surface area contributed by atoms with Gasteiger partial charge in [0.15, 0.2) is 0 Å². The number of carboxylic acid groups (broad SMARTS) is 1. The minimum atomic E-state index is -0.764. The molecule has 0 aliphatic carbocycles. The van der Waals surface area contributed by atoms with Gasteiger partial charge in [-0.3, -0.25) is 14.6 Å². The van der Waals surface area contributed by atoms with E-state index in [1.807, 2.05) is 42.3 Å². The van der Waals surface area contributed by atoms with Crippen molar-refractivity contribution in [2.75, 3.05) is 26.7 Å². The van der Waals surface area contributed by atoms with E-state index >= 15 is 0 Å². The number of hydrogen-bond donors (Lipinski definition) is 1. The van der Waals surface area contributed by atoms with E-state index in [2.05, 4.69) is 9.88 Å². The number of oxazole rings is 1. The predicted molar refractivity (Wildman–Crippen MR) is 95.1 cm³/mol. The van der Waals surface area contributed by atoms with Gasteiger partial charge < -0.3 is 9.52 Å². The minimum absolute atomic E-state index is 0.106. The second-order valence-electron chi connectivity index (χ2n) is 6.68. The van der Waals surface area contributed by atoms with Gasteiger partial charge in [-0.05, 0) is 45.0 Å². The number of likely N-dealkylation sites (tertiary alicyclic amines) is 1. The number of carboxylic acids is 1. The molecule has 1 atom stereocenters. The quantitative estimate of drug-likeness (QED) is 0.870. The van der Waals surface area contributed by atoms with Crippen molar-refractivity contribution in [2.45, 2.75) is 31.8 Å². The lowest BCUT2D eigenvalue weighted by Gasteiger charge is -2.25. The summed E-state index contributed by atoms with van der Waals surface area (Å²) in [5.41, 5.74) is 1.93. The van der Waals surface area contributed by atoms with Crippen LogP contribution in [0, 0.1) is 0 Å². The van der Waals surface area contributed by atoms with Crippen LogP contribution in [0.25, 0.3) is 11.5 Å². The first kappa shape index (κ1) is 17.6. The molecule has 0 radical (unpaired) electrons. The Kier molecular flexibility index (Phi) is 5.83. The molecule has 1 aromatic heterocycles. The summed E-state index contributed by atoms with van der Waals surface area (Å²) in [7, 11) is 1.90. The molecular weight excluding hydrogens is 318 g/mol. The van der Waals surface area contributed by atoms with Gasteiger partial charge in [-0.25, -0.2) is 4.98 Å². The van der Waals surface area contributed by atoms with E-state index in [4.69, 9.17) is 9.52 Å². The first-order valence-corrected chi connectivity index (χ1v) is 8.76. The highest BCUT2D eigenvalue weighted by atomic mass is 16.4. The smallest absolute Gasteiger partial charge is 0.317 e. The van der Waals surface area contributed by atoms with E-state index in [0.29, 0.717) is 11.9 Å². The molecule has 1 unspecified atom stereocenters. The summed E-state index contributed by atoms with van der Waals surface area (Å²) in [5.74, 6) is -0.107. The summed E-state index contributed by atoms with van der Waals surface area (Å²) in [6, 6.07) is 10.2. The van der Waals surface area contributed by atoms with Crippen LogP contribution in [0.4, 0.5) is 0 Å². The molecule has 134 valence electrons. The molecule has 1 saturated heterocycles. The monoisotopic (exact) mass is 343 g/mol. The maximum atomic E-state index is 10.9. The fourth-order valence-corrected chi connectivity index (χ4v) is 3.40. The molecule has 1 fully saturated rings. The van der Waals surface area contributed by atoms with Gasteiger partial charge >= 0.3 is 5.97 Å². The van der Waals surface area contributed by atoms with Gasteiger partial charge in [0.2, 0.25) is 5.89 Å². The molecule has 0 bridgehead atoms. The number of hydrogen-bond acceptors (Lipinski definition) is 5. The van der Waals surface area contributed by atoms with Gasteiger partial charge in [-0.1, -0.05) is 18.2 Å². The summed E-state index contributed by atoms with van der Waals surface area (Å²) < 4.78 is 5.62. The highest BCUT2D eigenvalue weighted by molar-refractivity contribution is 5.69. The molecule has 2 heterocycles. The number of rotatable bonds is 6. The molecule has 1 aliphatic rings. The van der Waals surface area contributed by atoms with Crippen LogP contribution in [0.1, 0.15) is 25.0 Å². The van der Waals surface area contributed by atoms with Crippen molar-refractivity contribution in [2.24, 2.45) is 0 Å². The van der Waals surface area contributed by atoms with E-state index in [-0.39, 0.29) is 6.54 Å². The largest absolute Gasteiger partial charge is 0.480 e. The van der Waals surface area contributed by atoms with Crippen LogP contribution in [0.15, 0.2) is 41.0 Å². The van der Waals surface area contributed by atoms with Crippen molar-refractivity contribution in [1.29, 1.82) is 0 Å². The molecule has 6 nitrogen and oxygen atoms in total. The number of aromatic nitrogens is 1. The maximum absolute atomic E-state index is 10.9.